The summed E-state index contributed by atoms with van der Waals surface area (Å²) in [6.07, 6.45) is 5.42. The Labute approximate surface area is 847 Å². The Balaban J connectivity index is 0.000000171. The van der Waals surface area contributed by atoms with Crippen LogP contribution < -0.4 is 50.2 Å². The van der Waals surface area contributed by atoms with E-state index < -0.39 is 11.6 Å². The van der Waals surface area contributed by atoms with E-state index in [1.807, 2.05) is 78.9 Å². The second-order valence-corrected chi connectivity index (χ2v) is 34.9. The number of nitrogens with one attached hydrogen (secondary N) is 1. The lowest BCUT2D eigenvalue weighted by molar-refractivity contribution is 0.406. The minimum absolute atomic E-state index is 0.0119. The summed E-state index contributed by atoms with van der Waals surface area (Å²) in [5.74, 6) is -2.92. The summed E-state index contributed by atoms with van der Waals surface area (Å²) in [5, 5.41) is 22.8. The molecule has 0 aromatic heterocycles. The Morgan fingerprint density at radius 1 is 0.253 bits per heavy atom. The molecular weight excluding hydrogens is 1870 g/mol. The van der Waals surface area contributed by atoms with E-state index in [2.05, 4.69) is 35.6 Å². The maximum absolute atomic E-state index is 13.5. The molecule has 16 aromatic carbocycles. The molecule has 0 amide bonds. The number of halogens is 13. The molecule has 5 unspecified atom stereocenters. The Morgan fingerprint density at radius 2 is 0.541 bits per heavy atom. The molecule has 16 aromatic rings. The lowest BCUT2D eigenvalue weighted by atomic mass is 9.80. The summed E-state index contributed by atoms with van der Waals surface area (Å²) >= 11 is 0. The fourth-order valence-corrected chi connectivity index (χ4v) is 18.0. The number of benzene rings is 16. The standard InChI is InChI=1S/C17H17F2N.C16H17F2N.C16H19NO.C15H14F3N.2C15H16FNO.2C14H13F2N/c18-15-5-1-3-12(9-15)17(14-7-8-20-11-14)13-4-2-6-16(19)10-13;17-14-6-1-4-12(10-14)16(8-3-9-19)13-5-2-7-15(18)11-13;1-18-16-10-6-5-9-15(16)14(11-12-17)13-7-3-2-4-8-13;16-12-3-1-2-10(6-12)15(4-5-19)11-7-13(17)9-14(18)8-11;16-13-5-1-3-11(9-13)15(7-8-17)12-4-2-6-14(18)10-12;16-12-5-3-4-11(10-12)13(8-9-17)14-6-1-2-7-15(14)18;15-12-5-1-10(2-6-12)14(9-17)11-3-7-13(16)8-4-11;15-12-5-1-3-10(7-12)14(9-17)11-4-2-6-13(16)8-11/h1-6,9-10,14,17,20H,7-8,11H2;1-2,4-7,10-11,16H,3,8-9,19H2;2-10,14H,11-12,17H2,1H3;1-3,6-9,15H,4-5,19H2;1-6,9-10,15,18H,7-8,17H2;1-7,10,13,18H,8-9,17H2;2*1-8,14H,9,17H2. The van der Waals surface area contributed by atoms with Gasteiger partial charge in [-0.15, -0.1) is 0 Å². The Kier molecular flexibility index (Phi) is 47.0. The summed E-state index contributed by atoms with van der Waals surface area (Å²) in [5.41, 5.74) is 53.5. The highest BCUT2D eigenvalue weighted by atomic mass is 19.2. The zero-order chi connectivity index (χ0) is 105. The molecule has 1 aliphatic heterocycles. The predicted octanol–water partition coefficient (Wildman–Crippen LogP) is 26.4. The van der Waals surface area contributed by atoms with Gasteiger partial charge in [-0.05, 0) is 344 Å². The first-order valence-corrected chi connectivity index (χ1v) is 48.4. The van der Waals surface area contributed by atoms with Crippen molar-refractivity contribution in [1.29, 1.82) is 0 Å². The van der Waals surface area contributed by atoms with Crippen LogP contribution in [0.3, 0.4) is 0 Å². The van der Waals surface area contributed by atoms with E-state index in [9.17, 15) is 67.3 Å². The van der Waals surface area contributed by atoms with Crippen molar-refractivity contribution < 1.29 is 72.0 Å². The van der Waals surface area contributed by atoms with Crippen LogP contribution in [0.5, 0.6) is 17.2 Å². The summed E-state index contributed by atoms with van der Waals surface area (Å²) in [6.45, 7) is 5.14. The number of phenols is 2. The average Bonchev–Trinajstić information content (AvgIpc) is 1.46. The molecular formula is C122H125F13N8O3. The van der Waals surface area contributed by atoms with Gasteiger partial charge in [-0.3, -0.25) is 0 Å². The molecule has 1 saturated heterocycles. The van der Waals surface area contributed by atoms with Crippen LogP contribution in [0.2, 0.25) is 0 Å². The van der Waals surface area contributed by atoms with Gasteiger partial charge >= 0.3 is 0 Å². The lowest BCUT2D eigenvalue weighted by Crippen LogP contribution is -2.18. The number of hydrogen-bond donors (Lipinski definition) is 10. The number of ether oxygens (including phenoxy) is 1. The number of hydrogen-bond acceptors (Lipinski definition) is 11. The van der Waals surface area contributed by atoms with Crippen LogP contribution in [0.15, 0.2) is 388 Å². The lowest BCUT2D eigenvalue weighted by Gasteiger charge is -2.24. The summed E-state index contributed by atoms with van der Waals surface area (Å²) in [4.78, 5) is 0. The number of phenolic OH excluding ortho intramolecular Hbond substituents is 2. The van der Waals surface area contributed by atoms with E-state index in [4.69, 9.17) is 44.9 Å². The van der Waals surface area contributed by atoms with E-state index in [-0.39, 0.29) is 117 Å². The second-order valence-electron chi connectivity index (χ2n) is 34.9. The van der Waals surface area contributed by atoms with Gasteiger partial charge in [0, 0.05) is 77.6 Å². The summed E-state index contributed by atoms with van der Waals surface area (Å²) in [7, 11) is 1.71. The number of rotatable bonds is 31. The number of aromatic hydroxyl groups is 2. The first-order valence-electron chi connectivity index (χ1n) is 48.4. The van der Waals surface area contributed by atoms with Gasteiger partial charge in [-0.2, -0.15) is 0 Å². The van der Waals surface area contributed by atoms with Crippen LogP contribution in [-0.2, 0) is 0 Å². The molecule has 0 saturated carbocycles. The van der Waals surface area contributed by atoms with Crippen molar-refractivity contribution >= 4 is 0 Å². The molecule has 0 aliphatic carbocycles. The van der Waals surface area contributed by atoms with Crippen molar-refractivity contribution in [3.05, 3.63) is 553 Å². The monoisotopic (exact) mass is 2000 g/mol. The van der Waals surface area contributed by atoms with Gasteiger partial charge in [0.1, 0.15) is 92.9 Å². The van der Waals surface area contributed by atoms with E-state index in [0.29, 0.717) is 88.0 Å². The molecule has 24 heteroatoms. The van der Waals surface area contributed by atoms with Crippen LogP contribution in [0.25, 0.3) is 0 Å². The van der Waals surface area contributed by atoms with Crippen molar-refractivity contribution in [2.75, 3.05) is 66.0 Å². The molecule has 146 heavy (non-hydrogen) atoms. The van der Waals surface area contributed by atoms with Crippen LogP contribution in [0.4, 0.5) is 57.1 Å². The van der Waals surface area contributed by atoms with E-state index in [0.717, 1.165) is 117 Å². The Bertz CT molecular complexity index is 6340. The van der Waals surface area contributed by atoms with Crippen molar-refractivity contribution in [3.8, 4) is 17.2 Å². The van der Waals surface area contributed by atoms with Crippen molar-refractivity contribution in [3.63, 3.8) is 0 Å². The van der Waals surface area contributed by atoms with Gasteiger partial charge in [-0.1, -0.05) is 212 Å². The van der Waals surface area contributed by atoms with Crippen LogP contribution in [0.1, 0.15) is 181 Å². The van der Waals surface area contributed by atoms with Crippen LogP contribution in [-0.4, -0.2) is 76.2 Å². The number of para-hydroxylation sites is 2. The van der Waals surface area contributed by atoms with Gasteiger partial charge in [0.25, 0.3) is 0 Å². The number of methoxy groups -OCH3 is 1. The topological polar surface area (TPSA) is 244 Å². The molecule has 1 heterocycles. The molecule has 0 spiro atoms. The molecule has 11 nitrogen and oxygen atoms in total. The zero-order valence-electron chi connectivity index (χ0n) is 81.2. The number of nitrogens with two attached hydrogens (primary N) is 7. The maximum Gasteiger partial charge on any atom is 0.126 e. The van der Waals surface area contributed by atoms with Crippen molar-refractivity contribution in [2.45, 2.75) is 92.3 Å². The van der Waals surface area contributed by atoms with Crippen LogP contribution in [0, 0.1) is 81.5 Å². The Hall–Kier alpha value is -14.3. The molecule has 0 radical (unpaired) electrons. The quantitative estimate of drug-likeness (QED) is 0.0183. The predicted molar refractivity (Wildman–Crippen MR) is 559 cm³/mol. The van der Waals surface area contributed by atoms with E-state index >= 15 is 0 Å². The SMILES string of the molecule is COc1ccccc1C(CCN)c1ccccc1.Fc1cccc(C(c2cccc(F)c2)C2CCNC2)c1.NCC(c1ccc(F)cc1)c1ccc(F)cc1.NCC(c1cccc(F)c1)c1cccc(F)c1.NCCC(c1cccc(F)c1)c1cc(F)cc(F)c1.NCCC(c1cccc(F)c1)c1ccccc1O.NCCC(c1cccc(O)c1)c1cccc(F)c1.NCCCC(c1cccc(F)c1)c1cccc(F)c1. The molecule has 17 N–H and O–H groups in total. The van der Waals surface area contributed by atoms with Gasteiger partial charge in [0.05, 0.1) is 7.11 Å². The third kappa shape index (κ3) is 35.9. The third-order valence-electron chi connectivity index (χ3n) is 24.9. The first-order chi connectivity index (χ1) is 70.7. The fourth-order valence-electron chi connectivity index (χ4n) is 18.0. The minimum atomic E-state index is -0.645. The molecule has 17 rings (SSSR count). The van der Waals surface area contributed by atoms with E-state index in [1.54, 1.807) is 147 Å². The van der Waals surface area contributed by atoms with Gasteiger partial charge < -0.3 is 60.4 Å². The highest BCUT2D eigenvalue weighted by molar-refractivity contribution is 5.46. The van der Waals surface area contributed by atoms with Gasteiger partial charge in [0.2, 0.25) is 0 Å². The molecule has 5 atom stereocenters. The molecule has 1 fully saturated rings. The largest absolute Gasteiger partial charge is 0.508 e. The fraction of sp³-hybridized carbons (Fsp3) is 0.213. The van der Waals surface area contributed by atoms with Crippen LogP contribution >= 0.6 is 0 Å². The summed E-state index contributed by atoms with van der Waals surface area (Å²) < 4.78 is 178. The normalized spacial score (nSPS) is 12.7. The highest BCUT2D eigenvalue weighted by Gasteiger charge is 2.30. The molecule has 0 bridgehead atoms. The van der Waals surface area contributed by atoms with Crippen molar-refractivity contribution in [1.82, 2.24) is 5.32 Å². The second kappa shape index (κ2) is 60.5. The van der Waals surface area contributed by atoms with Gasteiger partial charge in [-0.25, -0.2) is 57.1 Å². The maximum atomic E-state index is 13.5. The van der Waals surface area contributed by atoms with Crippen molar-refractivity contribution in [2.24, 2.45) is 46.1 Å². The third-order valence-corrected chi connectivity index (χ3v) is 24.9. The minimum Gasteiger partial charge on any atom is -0.508 e. The van der Waals surface area contributed by atoms with E-state index in [1.165, 1.54) is 145 Å². The first kappa shape index (κ1) is 114. The molecule has 1 aliphatic rings. The zero-order valence-corrected chi connectivity index (χ0v) is 81.2. The smallest absolute Gasteiger partial charge is 0.126 e. The molecule has 762 valence electrons. The Morgan fingerprint density at radius 3 is 0.890 bits per heavy atom. The summed E-state index contributed by atoms with van der Waals surface area (Å²) in [6, 6.07) is 106. The average molecular weight is 2000 g/mol. The van der Waals surface area contributed by atoms with Gasteiger partial charge in [0.15, 0.2) is 0 Å². The highest BCUT2D eigenvalue weighted by Crippen LogP contribution is 2.40.